The van der Waals surface area contributed by atoms with Crippen molar-refractivity contribution in [3.05, 3.63) is 173 Å². The van der Waals surface area contributed by atoms with Gasteiger partial charge in [0.05, 0.1) is 48.1 Å². The number of benzene rings is 4. The van der Waals surface area contributed by atoms with Crippen LogP contribution in [0.25, 0.3) is 22.0 Å². The second-order valence-corrected chi connectivity index (χ2v) is 24.2. The topological polar surface area (TPSA) is 317 Å². The van der Waals surface area contributed by atoms with Gasteiger partial charge in [0.15, 0.2) is 35.2 Å². The summed E-state index contributed by atoms with van der Waals surface area (Å²) in [4.78, 5) is 152. The molecule has 492 valence electrons. The predicted molar refractivity (Wildman–Crippen MR) is 346 cm³/mol. The SMILES string of the molecule is C=C1C[C@H]2[C@H](O)N(C(=O)OCc3ccc(CC(=O)[C@H](C)NC(=O)[C@@H](CC(=O)CCN4C(=O)C=CC4=O)C(C)C)cc3)c3cc(OCCCC(=O)Nc4cn(C)c(C(=O)Cc5ccc(-c6cc(C(=O)n7ccc8cc(C(=O)O)ccc87)n(C)c6)cc5)n4)c(OC)cc3C(=O)N2C1. The third-order valence-electron chi connectivity index (χ3n) is 17.1. The number of imidazole rings is 1. The van der Waals surface area contributed by atoms with Gasteiger partial charge in [0.2, 0.25) is 17.6 Å². The van der Waals surface area contributed by atoms with E-state index in [2.05, 4.69) is 22.2 Å². The highest BCUT2D eigenvalue weighted by Gasteiger charge is 2.46. The summed E-state index contributed by atoms with van der Waals surface area (Å²) >= 11 is 0. The van der Waals surface area contributed by atoms with Crippen molar-refractivity contribution < 1.29 is 77.2 Å². The maximum absolute atomic E-state index is 14.3. The zero-order chi connectivity index (χ0) is 68.1. The summed E-state index contributed by atoms with van der Waals surface area (Å²) in [6, 6.07) is 23.0. The number of aryl methyl sites for hydroxylation is 2. The zero-order valence-corrected chi connectivity index (χ0v) is 53.2. The van der Waals surface area contributed by atoms with E-state index in [4.69, 9.17) is 14.2 Å². The van der Waals surface area contributed by atoms with E-state index in [1.165, 1.54) is 51.6 Å². The monoisotopic (exact) mass is 1290 g/mol. The normalized spacial score (nSPS) is 15.8. The average Bonchev–Trinajstić information content (AvgIpc) is 1.64. The van der Waals surface area contributed by atoms with Gasteiger partial charge in [-0.25, -0.2) is 19.5 Å². The molecule has 0 bridgehead atoms. The fourth-order valence-electron chi connectivity index (χ4n) is 11.8. The summed E-state index contributed by atoms with van der Waals surface area (Å²) in [7, 11) is 4.78. The first kappa shape index (κ1) is 66.8. The number of ether oxygens (including phenoxy) is 3. The lowest BCUT2D eigenvalue weighted by Gasteiger charge is -2.31. The van der Waals surface area contributed by atoms with Crippen molar-refractivity contribution in [1.29, 1.82) is 0 Å². The molecule has 4 atom stereocenters. The van der Waals surface area contributed by atoms with Crippen molar-refractivity contribution >= 4 is 87.3 Å². The van der Waals surface area contributed by atoms with E-state index >= 15 is 0 Å². The van der Waals surface area contributed by atoms with Gasteiger partial charge in [0.1, 0.15) is 18.1 Å². The first-order valence-corrected chi connectivity index (χ1v) is 30.8. The van der Waals surface area contributed by atoms with Crippen LogP contribution in [-0.4, -0.2) is 149 Å². The molecule has 4 aromatic carbocycles. The summed E-state index contributed by atoms with van der Waals surface area (Å²) < 4.78 is 22.3. The Morgan fingerprint density at radius 2 is 1.48 bits per heavy atom. The van der Waals surface area contributed by atoms with E-state index < -0.39 is 65.8 Å². The number of aliphatic hydroxyl groups excluding tert-OH is 1. The van der Waals surface area contributed by atoms with Crippen LogP contribution < -0.4 is 25.0 Å². The van der Waals surface area contributed by atoms with Gasteiger partial charge in [-0.2, -0.15) is 0 Å². The molecule has 10 rings (SSSR count). The number of amides is 6. The molecule has 3 aliphatic rings. The number of hydrogen-bond donors (Lipinski definition) is 4. The number of carbonyl (C=O) groups is 11. The number of rotatable bonds is 26. The number of anilines is 2. The maximum atomic E-state index is 14.3. The zero-order valence-electron chi connectivity index (χ0n) is 53.2. The summed E-state index contributed by atoms with van der Waals surface area (Å²) in [6.45, 7) is 8.86. The van der Waals surface area contributed by atoms with Gasteiger partial charge >= 0.3 is 12.1 Å². The molecule has 0 unspecified atom stereocenters. The van der Waals surface area contributed by atoms with Gasteiger partial charge < -0.3 is 49.1 Å². The summed E-state index contributed by atoms with van der Waals surface area (Å²) in [5, 5.41) is 27.4. The number of aromatic carboxylic acids is 1. The van der Waals surface area contributed by atoms with Crippen LogP contribution in [0.15, 0.2) is 134 Å². The lowest BCUT2D eigenvalue weighted by Crippen LogP contribution is -2.50. The van der Waals surface area contributed by atoms with Crippen LogP contribution in [0.2, 0.25) is 0 Å². The second kappa shape index (κ2) is 28.4. The quantitative estimate of drug-likeness (QED) is 0.0177. The minimum absolute atomic E-state index is 0.00611. The molecule has 0 saturated carbocycles. The minimum atomic E-state index is -1.59. The molecule has 3 aliphatic heterocycles. The van der Waals surface area contributed by atoms with Crippen LogP contribution >= 0.6 is 0 Å². The van der Waals surface area contributed by atoms with Crippen molar-refractivity contribution in [2.24, 2.45) is 25.9 Å². The summed E-state index contributed by atoms with van der Waals surface area (Å²) in [5.74, 6) is -5.18. The van der Waals surface area contributed by atoms with Crippen molar-refractivity contribution in [1.82, 2.24) is 33.8 Å². The number of hydrogen-bond acceptors (Lipinski definition) is 16. The molecule has 0 radical (unpaired) electrons. The lowest BCUT2D eigenvalue weighted by molar-refractivity contribution is -0.138. The third-order valence-corrected chi connectivity index (χ3v) is 17.1. The van der Waals surface area contributed by atoms with Gasteiger partial charge in [0.25, 0.3) is 23.6 Å². The smallest absolute Gasteiger partial charge is 0.416 e. The Bertz CT molecular complexity index is 4270. The Hall–Kier alpha value is -11.1. The molecule has 6 heterocycles. The third kappa shape index (κ3) is 14.9. The van der Waals surface area contributed by atoms with Gasteiger partial charge in [0, 0.05) is 113 Å². The largest absolute Gasteiger partial charge is 0.493 e. The van der Waals surface area contributed by atoms with Crippen LogP contribution in [0, 0.1) is 11.8 Å². The molecule has 1 fully saturated rings. The van der Waals surface area contributed by atoms with Crippen molar-refractivity contribution in [3.63, 3.8) is 0 Å². The number of carbonyl (C=O) groups excluding carboxylic acids is 10. The van der Waals surface area contributed by atoms with Crippen LogP contribution in [0.4, 0.5) is 16.3 Å². The number of methoxy groups -OCH3 is 1. The molecule has 6 amide bonds. The summed E-state index contributed by atoms with van der Waals surface area (Å²) in [5.41, 5.74) is 5.16. The van der Waals surface area contributed by atoms with Gasteiger partial charge in [-0.05, 0) is 84.3 Å². The number of imide groups is 1. The van der Waals surface area contributed by atoms with E-state index in [9.17, 15) is 63.0 Å². The molecule has 1 saturated heterocycles. The highest BCUT2D eigenvalue weighted by Crippen LogP contribution is 2.42. The predicted octanol–water partition coefficient (Wildman–Crippen LogP) is 7.41. The molecular weight excluding hydrogens is 1220 g/mol. The van der Waals surface area contributed by atoms with E-state index in [1.807, 2.05) is 30.5 Å². The van der Waals surface area contributed by atoms with E-state index in [0.29, 0.717) is 38.9 Å². The fourth-order valence-corrected chi connectivity index (χ4v) is 11.8. The first-order chi connectivity index (χ1) is 45.3. The summed E-state index contributed by atoms with van der Waals surface area (Å²) in [6.07, 6.45) is 4.68. The van der Waals surface area contributed by atoms with E-state index in [-0.39, 0.29) is 140 Å². The molecule has 0 spiro atoms. The lowest BCUT2D eigenvalue weighted by atomic mass is 9.88. The first-order valence-electron chi connectivity index (χ1n) is 30.8. The van der Waals surface area contributed by atoms with Crippen molar-refractivity contribution in [3.8, 4) is 22.6 Å². The molecule has 25 heteroatoms. The molecule has 4 N–H and O–H groups in total. The Morgan fingerprint density at radius 3 is 2.18 bits per heavy atom. The highest BCUT2D eigenvalue weighted by atomic mass is 16.6. The fraction of sp³-hybridized carbons (Fsp3) is 0.314. The van der Waals surface area contributed by atoms with Crippen LogP contribution in [0.1, 0.15) is 111 Å². The van der Waals surface area contributed by atoms with Crippen LogP contribution in [0.5, 0.6) is 11.5 Å². The maximum Gasteiger partial charge on any atom is 0.416 e. The van der Waals surface area contributed by atoms with Crippen LogP contribution in [-0.2, 0) is 67.0 Å². The van der Waals surface area contributed by atoms with Crippen LogP contribution in [0.3, 0.4) is 0 Å². The number of aliphatic hydroxyl groups is 1. The Kier molecular flexibility index (Phi) is 20.0. The number of nitrogens with one attached hydrogen (secondary N) is 2. The number of carboxylic acid groups (broad SMARTS) is 1. The second-order valence-electron chi connectivity index (χ2n) is 24.2. The molecular formula is C70H71N9O16. The molecule has 25 nitrogen and oxygen atoms in total. The Labute approximate surface area is 545 Å². The van der Waals surface area contributed by atoms with Gasteiger partial charge in [-0.1, -0.05) is 74.5 Å². The van der Waals surface area contributed by atoms with Crippen molar-refractivity contribution in [2.75, 3.05) is 37.0 Å². The molecule has 3 aromatic heterocycles. The molecule has 0 aliphatic carbocycles. The number of Topliss-reactive ketones (excluding diaryl/α,β-unsaturated/α-hetero) is 3. The van der Waals surface area contributed by atoms with Crippen molar-refractivity contribution in [2.45, 2.75) is 90.6 Å². The van der Waals surface area contributed by atoms with E-state index in [1.54, 1.807) is 88.1 Å². The number of carboxylic acids is 1. The number of fused-ring (bicyclic) bond motifs is 3. The number of aromatic nitrogens is 4. The number of ketones is 3. The average molecular weight is 1290 g/mol. The Balaban J connectivity index is 0.714. The molecule has 95 heavy (non-hydrogen) atoms. The van der Waals surface area contributed by atoms with E-state index in [0.717, 1.165) is 33.1 Å². The standard InChI is InChI=1S/C70H71N9O16/c1-39(2)50(32-49(80)23-25-77-62(84)20-21-63(77)85)65(86)71-41(4)56(81)28-42-10-12-44(13-11-42)38-95-70(92)79-53-34-59(58(93-7)33-51(53)66(87)78-35-40(3)27-55(78)68(79)89)94-26-8-9-61(83)72-60-37-75(6)64(73-60)57(82)29-43-14-16-45(17-15-43)48-31-54(74(5)36-48)67(88)76-24-22-46-30-47(69(90)91)18-19-52(46)76/h10-22,24,30-31,33-34,36-37,39,41,50,55,68,89H,3,8-9,23,25-29,32,35,38H2,1-2,4-7H3,(H,71,86)(H,72,83)(H,90,91)/t41-,50-,55-,68-/m0/s1. The van der Waals surface area contributed by atoms with Gasteiger partial charge in [-0.15, -0.1) is 0 Å². The highest BCUT2D eigenvalue weighted by molar-refractivity contribution is 6.13. The number of nitrogens with zero attached hydrogens (tertiary/aromatic N) is 7. The Morgan fingerprint density at radius 1 is 0.789 bits per heavy atom. The minimum Gasteiger partial charge on any atom is -0.493 e. The van der Waals surface area contributed by atoms with Gasteiger partial charge in [-0.3, -0.25) is 52.6 Å². The molecule has 7 aromatic rings.